The van der Waals surface area contributed by atoms with E-state index in [9.17, 15) is 19.8 Å². The maximum atomic E-state index is 14.7. The quantitative estimate of drug-likeness (QED) is 0.215. The second-order valence-electron chi connectivity index (χ2n) is 13.2. The molecule has 204 valence electrons. The van der Waals surface area contributed by atoms with Crippen molar-refractivity contribution in [3.05, 3.63) is 59.2 Å². The molecule has 2 saturated carbocycles. The van der Waals surface area contributed by atoms with Crippen LogP contribution in [0.1, 0.15) is 97.9 Å². The number of hydrogen-bond acceptors (Lipinski definition) is 4. The molecule has 4 nitrogen and oxygen atoms in total. The molecule has 2 aliphatic carbocycles. The van der Waals surface area contributed by atoms with Crippen molar-refractivity contribution in [3.63, 3.8) is 0 Å². The van der Waals surface area contributed by atoms with Gasteiger partial charge in [-0.15, -0.1) is 0 Å². The Bertz CT molecular complexity index is 1040. The summed E-state index contributed by atoms with van der Waals surface area (Å²) in [6, 6.07) is 8.96. The third-order valence-electron chi connectivity index (χ3n) is 9.47. The first-order valence-electron chi connectivity index (χ1n) is 14.0. The second-order valence-corrected chi connectivity index (χ2v) is 13.2. The number of benzene rings is 1. The third kappa shape index (κ3) is 4.92. The van der Waals surface area contributed by atoms with E-state index >= 15 is 0 Å². The first kappa shape index (κ1) is 29.5. The number of hydrogen-bond donors (Lipinski definition) is 2. The molecule has 2 fully saturated rings. The molecule has 37 heavy (non-hydrogen) atoms. The first-order chi connectivity index (χ1) is 17.2. The molecule has 4 unspecified atom stereocenters. The summed E-state index contributed by atoms with van der Waals surface area (Å²) in [5, 5.41) is 24.3. The topological polar surface area (TPSA) is 74.6 Å². The van der Waals surface area contributed by atoms with Crippen LogP contribution in [0.25, 0.3) is 0 Å². The fraction of sp³-hybridized carbons (Fsp3) is 0.636. The van der Waals surface area contributed by atoms with Crippen molar-refractivity contribution in [3.8, 4) is 0 Å². The highest BCUT2D eigenvalue weighted by molar-refractivity contribution is 6.17. The SMILES string of the molecule is CC(C)=CCC1C(=O)[C@]2(C(=O)c3ccccc3)C(O)[C@@](CC=C(C)C)(CC(CCC(C)C)C2(C)C)C1O. The Kier molecular flexibility index (Phi) is 8.76. The van der Waals surface area contributed by atoms with Crippen molar-refractivity contribution in [2.75, 3.05) is 0 Å². The van der Waals surface area contributed by atoms with Crippen LogP contribution in [0.2, 0.25) is 0 Å². The van der Waals surface area contributed by atoms with Crippen LogP contribution < -0.4 is 0 Å². The lowest BCUT2D eigenvalue weighted by atomic mass is 9.36. The number of Topliss-reactive ketones (excluding diaryl/α,β-unsaturated/α-hetero) is 2. The van der Waals surface area contributed by atoms with E-state index in [1.807, 2.05) is 65.8 Å². The Hall–Kier alpha value is -2.04. The molecule has 6 atom stereocenters. The van der Waals surface area contributed by atoms with Crippen LogP contribution >= 0.6 is 0 Å². The van der Waals surface area contributed by atoms with Crippen molar-refractivity contribution in [1.82, 2.24) is 0 Å². The van der Waals surface area contributed by atoms with Crippen LogP contribution in [-0.2, 0) is 4.79 Å². The van der Waals surface area contributed by atoms with Crippen LogP contribution in [0, 0.1) is 34.0 Å². The molecular weight excluding hydrogens is 460 g/mol. The van der Waals surface area contributed by atoms with Crippen molar-refractivity contribution in [2.24, 2.45) is 34.0 Å². The number of rotatable bonds is 9. The maximum Gasteiger partial charge on any atom is 0.179 e. The van der Waals surface area contributed by atoms with Gasteiger partial charge in [0.15, 0.2) is 11.6 Å². The van der Waals surface area contributed by atoms with Gasteiger partial charge in [-0.05, 0) is 70.6 Å². The molecule has 0 saturated heterocycles. The molecule has 0 aromatic heterocycles. The number of aliphatic hydroxyl groups excluding tert-OH is 2. The van der Waals surface area contributed by atoms with Gasteiger partial charge in [-0.2, -0.15) is 0 Å². The maximum absolute atomic E-state index is 14.7. The van der Waals surface area contributed by atoms with E-state index in [1.54, 1.807) is 12.1 Å². The molecule has 0 amide bonds. The molecular formula is C33H48O4. The third-order valence-corrected chi connectivity index (χ3v) is 9.47. The van der Waals surface area contributed by atoms with E-state index in [0.29, 0.717) is 30.7 Å². The molecule has 4 heteroatoms. The fourth-order valence-electron chi connectivity index (χ4n) is 7.15. The Balaban J connectivity index is 2.35. The highest BCUT2D eigenvalue weighted by atomic mass is 16.3. The van der Waals surface area contributed by atoms with Crippen LogP contribution in [0.3, 0.4) is 0 Å². The standard InChI is InChI=1S/C33H48O4/c1-21(2)14-16-25-20-32(19-18-23(5)6)28(35)26(17-15-22(3)4)29(36)33(30(32)37,31(25,7)8)27(34)24-12-10-9-11-13-24/h9-13,15,18,21,25-26,28,30,35,37H,14,16-17,19-20H2,1-8H3/t25?,26?,28?,30?,32-,33+/m0/s1. The highest BCUT2D eigenvalue weighted by Gasteiger charge is 2.76. The monoisotopic (exact) mass is 508 g/mol. The molecule has 0 aliphatic heterocycles. The summed E-state index contributed by atoms with van der Waals surface area (Å²) >= 11 is 0. The van der Waals surface area contributed by atoms with Crippen molar-refractivity contribution >= 4 is 11.6 Å². The first-order valence-corrected chi connectivity index (χ1v) is 14.0. The zero-order valence-electron chi connectivity index (χ0n) is 24.2. The molecule has 3 rings (SSSR count). The van der Waals surface area contributed by atoms with Gasteiger partial charge in [0, 0.05) is 16.9 Å². The minimum Gasteiger partial charge on any atom is -0.392 e. The average Bonchev–Trinajstić information content (AvgIpc) is 2.82. The van der Waals surface area contributed by atoms with Crippen LogP contribution in [0.15, 0.2) is 53.6 Å². The zero-order valence-corrected chi connectivity index (χ0v) is 24.2. The minimum atomic E-state index is -1.64. The van der Waals surface area contributed by atoms with Gasteiger partial charge >= 0.3 is 0 Å². The van der Waals surface area contributed by atoms with E-state index < -0.39 is 34.4 Å². The minimum absolute atomic E-state index is 0.000437. The summed E-state index contributed by atoms with van der Waals surface area (Å²) in [7, 11) is 0. The molecule has 2 aliphatic rings. The summed E-state index contributed by atoms with van der Waals surface area (Å²) in [4.78, 5) is 29.3. The second kappa shape index (κ2) is 11.0. The summed E-state index contributed by atoms with van der Waals surface area (Å²) in [6.45, 7) is 16.4. The molecule has 2 N–H and O–H groups in total. The molecule has 0 spiro atoms. The van der Waals surface area contributed by atoms with E-state index in [0.717, 1.165) is 24.0 Å². The lowest BCUT2D eigenvalue weighted by molar-refractivity contribution is -0.238. The lowest BCUT2D eigenvalue weighted by Crippen LogP contribution is -2.76. The highest BCUT2D eigenvalue weighted by Crippen LogP contribution is 2.68. The molecule has 0 heterocycles. The van der Waals surface area contributed by atoms with Gasteiger partial charge in [0.05, 0.1) is 12.2 Å². The average molecular weight is 509 g/mol. The summed E-state index contributed by atoms with van der Waals surface area (Å²) in [5.41, 5.74) is -0.803. The van der Waals surface area contributed by atoms with Crippen LogP contribution in [0.5, 0.6) is 0 Å². The Morgan fingerprint density at radius 2 is 1.62 bits per heavy atom. The van der Waals surface area contributed by atoms with Crippen molar-refractivity contribution in [1.29, 1.82) is 0 Å². The Morgan fingerprint density at radius 1 is 1.03 bits per heavy atom. The van der Waals surface area contributed by atoms with Crippen LogP contribution in [0.4, 0.5) is 0 Å². The van der Waals surface area contributed by atoms with Gasteiger partial charge in [-0.1, -0.05) is 87.7 Å². The number of aliphatic hydroxyl groups is 2. The van der Waals surface area contributed by atoms with Gasteiger partial charge in [0.2, 0.25) is 0 Å². The molecule has 1 aromatic carbocycles. The van der Waals surface area contributed by atoms with E-state index in [2.05, 4.69) is 19.9 Å². The van der Waals surface area contributed by atoms with Gasteiger partial charge in [-0.3, -0.25) is 9.59 Å². The summed E-state index contributed by atoms with van der Waals surface area (Å²) < 4.78 is 0. The number of ketones is 2. The largest absolute Gasteiger partial charge is 0.392 e. The normalized spacial score (nSPS) is 32.7. The van der Waals surface area contributed by atoms with Gasteiger partial charge in [0.1, 0.15) is 5.41 Å². The van der Waals surface area contributed by atoms with E-state index in [-0.39, 0.29) is 17.5 Å². The Morgan fingerprint density at radius 3 is 2.16 bits per heavy atom. The molecule has 2 bridgehead atoms. The predicted molar refractivity (Wildman–Crippen MR) is 150 cm³/mol. The van der Waals surface area contributed by atoms with Gasteiger partial charge < -0.3 is 10.2 Å². The Labute approximate surface area is 224 Å². The number of carbonyl (C=O) groups excluding carboxylic acids is 2. The number of carbonyl (C=O) groups is 2. The predicted octanol–water partition coefficient (Wildman–Crippen LogP) is 6.96. The van der Waals surface area contributed by atoms with Gasteiger partial charge in [0.25, 0.3) is 0 Å². The summed E-state index contributed by atoms with van der Waals surface area (Å²) in [6.07, 6.45) is 4.93. The van der Waals surface area contributed by atoms with Crippen molar-refractivity contribution in [2.45, 2.75) is 99.7 Å². The van der Waals surface area contributed by atoms with E-state index in [1.165, 1.54) is 0 Å². The molecule has 0 radical (unpaired) electrons. The number of allylic oxidation sites excluding steroid dienone is 4. The smallest absolute Gasteiger partial charge is 0.179 e. The van der Waals surface area contributed by atoms with E-state index in [4.69, 9.17) is 0 Å². The fourth-order valence-corrected chi connectivity index (χ4v) is 7.15. The van der Waals surface area contributed by atoms with Crippen molar-refractivity contribution < 1.29 is 19.8 Å². The zero-order chi connectivity index (χ0) is 27.8. The lowest BCUT2D eigenvalue weighted by Gasteiger charge is -2.67. The van der Waals surface area contributed by atoms with Crippen LogP contribution in [-0.4, -0.2) is 34.0 Å². The van der Waals surface area contributed by atoms with Gasteiger partial charge in [-0.25, -0.2) is 0 Å². The summed E-state index contributed by atoms with van der Waals surface area (Å²) in [5.74, 6) is -0.879. The molecule has 1 aromatic rings. The number of fused-ring (bicyclic) bond motifs is 2.